The van der Waals surface area contributed by atoms with Gasteiger partial charge in [0, 0.05) is 24.6 Å². The Hall–Kier alpha value is -2.77. The van der Waals surface area contributed by atoms with Crippen LogP contribution in [-0.2, 0) is 9.53 Å². The lowest BCUT2D eigenvalue weighted by Gasteiger charge is -2.01. The van der Waals surface area contributed by atoms with Crippen molar-refractivity contribution < 1.29 is 19.4 Å². The van der Waals surface area contributed by atoms with E-state index in [2.05, 4.69) is 4.74 Å². The van der Waals surface area contributed by atoms with E-state index in [-0.39, 0.29) is 11.4 Å². The van der Waals surface area contributed by atoms with Crippen molar-refractivity contribution in [2.45, 2.75) is 13.8 Å². The summed E-state index contributed by atoms with van der Waals surface area (Å²) in [6.07, 6.45) is 1.13. The molecule has 0 spiro atoms. The van der Waals surface area contributed by atoms with E-state index in [4.69, 9.17) is 0 Å². The standard InChI is InChI=1S/C12H12N2O6/c1-8-3-4-10(6-12(8)14(18)19)5-11(13(16)17)7-20-9(2)15/h3-6H,7H2,1-2H3/b11-5+. The minimum Gasteiger partial charge on any atom is -0.454 e. The molecule has 0 atom stereocenters. The molecule has 0 saturated heterocycles. The summed E-state index contributed by atoms with van der Waals surface area (Å²) in [5, 5.41) is 21.6. The van der Waals surface area contributed by atoms with Crippen molar-refractivity contribution in [3.05, 3.63) is 55.3 Å². The lowest BCUT2D eigenvalue weighted by molar-refractivity contribution is -0.428. The summed E-state index contributed by atoms with van der Waals surface area (Å²) in [5.74, 6) is -0.646. The Balaban J connectivity index is 3.11. The maximum Gasteiger partial charge on any atom is 0.303 e. The molecule has 0 N–H and O–H groups in total. The van der Waals surface area contributed by atoms with Gasteiger partial charge in [-0.15, -0.1) is 0 Å². The van der Waals surface area contributed by atoms with Crippen LogP contribution in [-0.4, -0.2) is 22.4 Å². The molecule has 1 aromatic rings. The van der Waals surface area contributed by atoms with Crippen molar-refractivity contribution in [2.75, 3.05) is 6.61 Å². The van der Waals surface area contributed by atoms with Gasteiger partial charge in [-0.1, -0.05) is 12.1 Å². The molecule has 0 amide bonds. The number of hydrogen-bond donors (Lipinski definition) is 0. The van der Waals surface area contributed by atoms with Gasteiger partial charge < -0.3 is 4.74 Å². The maximum atomic E-state index is 10.8. The molecule has 0 aromatic heterocycles. The highest BCUT2D eigenvalue weighted by Gasteiger charge is 2.15. The van der Waals surface area contributed by atoms with E-state index in [1.807, 2.05) is 0 Å². The predicted molar refractivity (Wildman–Crippen MR) is 69.4 cm³/mol. The minimum absolute atomic E-state index is 0.131. The molecule has 0 radical (unpaired) electrons. The van der Waals surface area contributed by atoms with Crippen LogP contribution in [0.5, 0.6) is 0 Å². The Morgan fingerprint density at radius 3 is 2.50 bits per heavy atom. The highest BCUT2D eigenvalue weighted by molar-refractivity contribution is 5.66. The Morgan fingerprint density at radius 1 is 1.35 bits per heavy atom. The second kappa shape index (κ2) is 6.41. The van der Waals surface area contributed by atoms with Gasteiger partial charge in [-0.3, -0.25) is 25.0 Å². The van der Waals surface area contributed by atoms with Gasteiger partial charge >= 0.3 is 5.97 Å². The molecule has 0 bridgehead atoms. The molecular formula is C12H12N2O6. The summed E-state index contributed by atoms with van der Waals surface area (Å²) in [5.41, 5.74) is 0.253. The smallest absolute Gasteiger partial charge is 0.303 e. The first-order valence-corrected chi connectivity index (χ1v) is 5.54. The predicted octanol–water partition coefficient (Wildman–Crippen LogP) is 2.08. The van der Waals surface area contributed by atoms with Crippen molar-refractivity contribution in [3.8, 4) is 0 Å². The molecule has 0 saturated carbocycles. The van der Waals surface area contributed by atoms with Crippen LogP contribution in [0.3, 0.4) is 0 Å². The first-order valence-electron chi connectivity index (χ1n) is 5.54. The van der Waals surface area contributed by atoms with Crippen LogP contribution < -0.4 is 0 Å². The van der Waals surface area contributed by atoms with Crippen LogP contribution in [0.25, 0.3) is 6.08 Å². The molecule has 0 unspecified atom stereocenters. The molecule has 20 heavy (non-hydrogen) atoms. The number of aryl methyl sites for hydroxylation is 1. The van der Waals surface area contributed by atoms with Crippen molar-refractivity contribution in [3.63, 3.8) is 0 Å². The topological polar surface area (TPSA) is 113 Å². The molecule has 0 heterocycles. The zero-order valence-electron chi connectivity index (χ0n) is 10.9. The molecule has 1 rings (SSSR count). The second-order valence-corrected chi connectivity index (χ2v) is 3.98. The largest absolute Gasteiger partial charge is 0.454 e. The summed E-state index contributed by atoms with van der Waals surface area (Å²) in [4.78, 5) is 31.0. The molecule has 0 aliphatic heterocycles. The lowest BCUT2D eigenvalue weighted by atomic mass is 10.1. The first-order chi connectivity index (χ1) is 9.31. The summed E-state index contributed by atoms with van der Waals surface area (Å²) < 4.78 is 4.56. The van der Waals surface area contributed by atoms with Gasteiger partial charge in [0.25, 0.3) is 11.4 Å². The minimum atomic E-state index is -0.700. The van der Waals surface area contributed by atoms with E-state index in [1.165, 1.54) is 18.2 Å². The van der Waals surface area contributed by atoms with Crippen LogP contribution in [0.1, 0.15) is 18.1 Å². The SMILES string of the molecule is CC(=O)OC/C(=C\c1ccc(C)c([N+](=O)[O-])c1)[N+](=O)[O-]. The number of carbonyl (C=O) groups excluding carboxylic acids is 1. The fourth-order valence-electron chi connectivity index (χ4n) is 1.43. The zero-order chi connectivity index (χ0) is 15.3. The van der Waals surface area contributed by atoms with E-state index < -0.39 is 22.4 Å². The van der Waals surface area contributed by atoms with Gasteiger partial charge in [0.2, 0.25) is 0 Å². The van der Waals surface area contributed by atoms with E-state index in [0.29, 0.717) is 11.1 Å². The van der Waals surface area contributed by atoms with Crippen LogP contribution in [0.2, 0.25) is 0 Å². The van der Waals surface area contributed by atoms with Crippen LogP contribution in [0.15, 0.2) is 23.9 Å². The fourth-order valence-corrected chi connectivity index (χ4v) is 1.43. The molecule has 8 nitrogen and oxygen atoms in total. The van der Waals surface area contributed by atoms with Crippen molar-refractivity contribution >= 4 is 17.7 Å². The number of ether oxygens (including phenoxy) is 1. The molecule has 0 aliphatic rings. The Kier molecular flexibility index (Phi) is 4.90. The van der Waals surface area contributed by atoms with Gasteiger partial charge in [0.05, 0.1) is 9.85 Å². The fraction of sp³-hybridized carbons (Fsp3) is 0.250. The molecular weight excluding hydrogens is 268 g/mol. The average molecular weight is 280 g/mol. The van der Waals surface area contributed by atoms with Crippen LogP contribution in [0, 0.1) is 27.2 Å². The van der Waals surface area contributed by atoms with Crippen molar-refractivity contribution in [1.29, 1.82) is 0 Å². The zero-order valence-corrected chi connectivity index (χ0v) is 10.9. The highest BCUT2D eigenvalue weighted by atomic mass is 16.6. The Morgan fingerprint density at radius 2 is 2.00 bits per heavy atom. The summed E-state index contributed by atoms with van der Waals surface area (Å²) >= 11 is 0. The number of nitro benzene ring substituents is 1. The summed E-state index contributed by atoms with van der Waals surface area (Å²) in [6, 6.07) is 4.24. The van der Waals surface area contributed by atoms with Crippen LogP contribution in [0.4, 0.5) is 5.69 Å². The third kappa shape index (κ3) is 4.16. The summed E-state index contributed by atoms with van der Waals surface area (Å²) in [7, 11) is 0. The number of rotatable bonds is 5. The van der Waals surface area contributed by atoms with Gasteiger partial charge in [-0.2, -0.15) is 0 Å². The third-order valence-electron chi connectivity index (χ3n) is 2.42. The highest BCUT2D eigenvalue weighted by Crippen LogP contribution is 2.21. The third-order valence-corrected chi connectivity index (χ3v) is 2.42. The van der Waals surface area contributed by atoms with Gasteiger partial charge in [0.15, 0.2) is 6.61 Å². The first kappa shape index (κ1) is 15.3. The summed E-state index contributed by atoms with van der Waals surface area (Å²) in [6.45, 7) is 2.21. The average Bonchev–Trinajstić information content (AvgIpc) is 2.35. The number of nitro groups is 2. The number of nitrogens with zero attached hydrogens (tertiary/aromatic N) is 2. The van der Waals surface area contributed by atoms with E-state index in [0.717, 1.165) is 13.0 Å². The van der Waals surface area contributed by atoms with Gasteiger partial charge in [-0.05, 0) is 12.5 Å². The molecule has 8 heteroatoms. The van der Waals surface area contributed by atoms with E-state index >= 15 is 0 Å². The number of esters is 1. The van der Waals surface area contributed by atoms with Gasteiger partial charge in [-0.25, -0.2) is 0 Å². The van der Waals surface area contributed by atoms with E-state index in [9.17, 15) is 25.0 Å². The number of benzene rings is 1. The Bertz CT molecular complexity index is 594. The van der Waals surface area contributed by atoms with Gasteiger partial charge in [0.1, 0.15) is 0 Å². The second-order valence-electron chi connectivity index (χ2n) is 3.98. The molecule has 106 valence electrons. The number of carbonyl (C=O) groups is 1. The Labute approximate surface area is 114 Å². The quantitative estimate of drug-likeness (QED) is 0.463. The van der Waals surface area contributed by atoms with Crippen LogP contribution >= 0.6 is 0 Å². The molecule has 0 aliphatic carbocycles. The number of hydrogen-bond acceptors (Lipinski definition) is 6. The van der Waals surface area contributed by atoms with E-state index in [1.54, 1.807) is 6.92 Å². The maximum absolute atomic E-state index is 10.8. The lowest BCUT2D eigenvalue weighted by Crippen LogP contribution is -2.09. The molecule has 1 aromatic carbocycles. The van der Waals surface area contributed by atoms with Crippen molar-refractivity contribution in [1.82, 2.24) is 0 Å². The van der Waals surface area contributed by atoms with Crippen molar-refractivity contribution in [2.24, 2.45) is 0 Å². The normalized spacial score (nSPS) is 11.0. The monoisotopic (exact) mass is 280 g/mol. The molecule has 0 fully saturated rings.